The molecule has 0 saturated carbocycles. The topological polar surface area (TPSA) is 165 Å². The van der Waals surface area contributed by atoms with Gasteiger partial charge in [0, 0.05) is 25.5 Å². The lowest BCUT2D eigenvalue weighted by Crippen LogP contribution is -2.59. The Labute approximate surface area is 277 Å². The maximum absolute atomic E-state index is 14.4. The third kappa shape index (κ3) is 8.81. The first-order valence-corrected chi connectivity index (χ1v) is 16.0. The van der Waals surface area contributed by atoms with Crippen LogP contribution >= 0.6 is 0 Å². The molecule has 0 unspecified atom stereocenters. The molecule has 0 bridgehead atoms. The standard InChI is InChI=1S/C34H51N5O8/c1-12-13-22(25(40)29(42)35-10)36-28(41)24-17-34(16-23(38-47-34)21-14-19(2)26(45-11)20(3)15-21)18-39(24)30(43)27(32(4,5)6)37-31(44)46-33(7,8)9/h14-15,22,24,27H,12-13,16-18H2,1-11H3,(H,35,42)(H,36,41)(H,37,44)/t22-,24-,27+,34+/m0/s1. The van der Waals surface area contributed by atoms with Crippen molar-refractivity contribution in [1.82, 2.24) is 20.9 Å². The van der Waals surface area contributed by atoms with Crippen LogP contribution in [-0.4, -0.2) is 90.2 Å². The number of carbonyl (C=O) groups is 5. The highest BCUT2D eigenvalue weighted by atomic mass is 16.7. The normalized spacial score (nSPS) is 20.5. The van der Waals surface area contributed by atoms with E-state index < -0.39 is 64.3 Å². The van der Waals surface area contributed by atoms with Crippen molar-refractivity contribution in [1.29, 1.82) is 0 Å². The van der Waals surface area contributed by atoms with Gasteiger partial charge in [-0.1, -0.05) is 39.3 Å². The van der Waals surface area contributed by atoms with Crippen LogP contribution in [0.1, 0.15) is 90.8 Å². The van der Waals surface area contributed by atoms with Gasteiger partial charge in [-0.05, 0) is 69.7 Å². The lowest BCUT2D eigenvalue weighted by atomic mass is 9.85. The molecular formula is C34H51N5O8. The molecule has 2 heterocycles. The van der Waals surface area contributed by atoms with Gasteiger partial charge in [-0.3, -0.25) is 19.2 Å². The van der Waals surface area contributed by atoms with Gasteiger partial charge in [0.25, 0.3) is 5.91 Å². The quantitative estimate of drug-likeness (QED) is 0.323. The van der Waals surface area contributed by atoms with Crippen LogP contribution in [-0.2, 0) is 28.8 Å². The summed E-state index contributed by atoms with van der Waals surface area (Å²) < 4.78 is 11.0. The van der Waals surface area contributed by atoms with Crippen molar-refractivity contribution in [2.75, 3.05) is 20.7 Å². The molecule has 3 N–H and O–H groups in total. The number of ether oxygens (including phenoxy) is 2. The number of alkyl carbamates (subject to hydrolysis) is 1. The number of rotatable bonds is 10. The maximum Gasteiger partial charge on any atom is 0.408 e. The number of likely N-dealkylation sites (N-methyl/N-ethyl adjacent to an activating group) is 1. The molecule has 1 aromatic carbocycles. The highest BCUT2D eigenvalue weighted by Gasteiger charge is 2.55. The molecule has 0 aliphatic carbocycles. The predicted molar refractivity (Wildman–Crippen MR) is 176 cm³/mol. The Hall–Kier alpha value is -4.16. The average Bonchev–Trinajstić information content (AvgIpc) is 3.56. The van der Waals surface area contributed by atoms with Crippen LogP contribution in [0.15, 0.2) is 17.3 Å². The van der Waals surface area contributed by atoms with Gasteiger partial charge in [0.15, 0.2) is 5.60 Å². The summed E-state index contributed by atoms with van der Waals surface area (Å²) in [7, 11) is 2.96. The van der Waals surface area contributed by atoms with Crippen LogP contribution < -0.4 is 20.7 Å². The van der Waals surface area contributed by atoms with Gasteiger partial charge < -0.3 is 35.2 Å². The van der Waals surface area contributed by atoms with Crippen molar-refractivity contribution in [2.45, 2.75) is 117 Å². The number of amides is 4. The summed E-state index contributed by atoms with van der Waals surface area (Å²) in [5.74, 6) is -1.95. The van der Waals surface area contributed by atoms with E-state index in [1.54, 1.807) is 48.7 Å². The first-order valence-electron chi connectivity index (χ1n) is 16.0. The Morgan fingerprint density at radius 1 is 1.06 bits per heavy atom. The number of carbonyl (C=O) groups excluding carboxylic acids is 5. The lowest BCUT2D eigenvalue weighted by Gasteiger charge is -2.36. The van der Waals surface area contributed by atoms with Crippen LogP contribution in [0.2, 0.25) is 0 Å². The fraction of sp³-hybridized carbons (Fsp3) is 0.647. The number of aryl methyl sites for hydroxylation is 2. The number of oxime groups is 1. The molecule has 0 aromatic heterocycles. The summed E-state index contributed by atoms with van der Waals surface area (Å²) in [6.07, 6.45) is 0.364. The fourth-order valence-electron chi connectivity index (χ4n) is 6.07. The summed E-state index contributed by atoms with van der Waals surface area (Å²) in [5.41, 5.74) is 0.721. The number of nitrogens with one attached hydrogen (secondary N) is 3. The van der Waals surface area contributed by atoms with E-state index in [9.17, 15) is 24.0 Å². The van der Waals surface area contributed by atoms with E-state index in [2.05, 4.69) is 21.1 Å². The van der Waals surface area contributed by atoms with Crippen LogP contribution in [0.4, 0.5) is 4.79 Å². The molecule has 1 fully saturated rings. The predicted octanol–water partition coefficient (Wildman–Crippen LogP) is 3.32. The van der Waals surface area contributed by atoms with Gasteiger partial charge in [0.2, 0.25) is 17.6 Å². The van der Waals surface area contributed by atoms with E-state index in [0.717, 1.165) is 22.4 Å². The van der Waals surface area contributed by atoms with Gasteiger partial charge in [-0.2, -0.15) is 0 Å². The van der Waals surface area contributed by atoms with Gasteiger partial charge in [-0.25, -0.2) is 4.79 Å². The molecule has 4 atom stereocenters. The first-order chi connectivity index (χ1) is 21.8. The van der Waals surface area contributed by atoms with Crippen LogP contribution in [0.3, 0.4) is 0 Å². The second-order valence-electron chi connectivity index (χ2n) is 14.6. The number of likely N-dealkylation sites (tertiary alicyclic amines) is 1. The van der Waals surface area contributed by atoms with Crippen LogP contribution in [0.5, 0.6) is 5.75 Å². The SMILES string of the molecule is CCC[C@H](NC(=O)[C@@H]1C[C@]2(CC(c3cc(C)c(OC)c(C)c3)=NO2)CN1C(=O)[C@@H](NC(=O)OC(C)(C)C)C(C)(C)C)C(=O)C(=O)NC. The molecule has 1 spiro atoms. The Morgan fingerprint density at radius 2 is 1.68 bits per heavy atom. The summed E-state index contributed by atoms with van der Waals surface area (Å²) in [4.78, 5) is 73.8. The molecular weight excluding hydrogens is 606 g/mol. The third-order valence-electron chi connectivity index (χ3n) is 8.26. The lowest BCUT2D eigenvalue weighted by molar-refractivity contribution is -0.144. The number of Topliss-reactive ketones (excluding diaryl/α,β-unsaturated/α-hetero) is 1. The fourth-order valence-corrected chi connectivity index (χ4v) is 6.07. The molecule has 260 valence electrons. The smallest absolute Gasteiger partial charge is 0.408 e. The van der Waals surface area contributed by atoms with E-state index in [4.69, 9.17) is 14.3 Å². The minimum Gasteiger partial charge on any atom is -0.496 e. The Bertz CT molecular complexity index is 1400. The second-order valence-corrected chi connectivity index (χ2v) is 14.6. The molecule has 3 rings (SSSR count). The minimum atomic E-state index is -1.08. The van der Waals surface area contributed by atoms with Crippen molar-refractivity contribution in [3.05, 3.63) is 28.8 Å². The van der Waals surface area contributed by atoms with Gasteiger partial charge in [0.1, 0.15) is 23.4 Å². The summed E-state index contributed by atoms with van der Waals surface area (Å²) in [6, 6.07) is 0.666. The van der Waals surface area contributed by atoms with Crippen molar-refractivity contribution in [3.8, 4) is 5.75 Å². The minimum absolute atomic E-state index is 0.00451. The van der Waals surface area contributed by atoms with Crippen LogP contribution in [0, 0.1) is 19.3 Å². The molecule has 13 heteroatoms. The van der Waals surface area contributed by atoms with E-state index in [1.807, 2.05) is 32.9 Å². The summed E-state index contributed by atoms with van der Waals surface area (Å²) in [6.45, 7) is 16.3. The van der Waals surface area contributed by atoms with E-state index >= 15 is 0 Å². The molecule has 13 nitrogen and oxygen atoms in total. The molecule has 4 amide bonds. The first kappa shape index (κ1) is 37.3. The zero-order valence-corrected chi connectivity index (χ0v) is 29.6. The Kier molecular flexibility index (Phi) is 11.4. The second kappa shape index (κ2) is 14.3. The number of benzene rings is 1. The number of nitrogens with zero attached hydrogens (tertiary/aromatic N) is 2. The van der Waals surface area contributed by atoms with Crippen molar-refractivity contribution in [2.24, 2.45) is 10.6 Å². The summed E-state index contributed by atoms with van der Waals surface area (Å²) >= 11 is 0. The number of methoxy groups -OCH3 is 1. The molecule has 1 saturated heterocycles. The molecule has 2 aliphatic rings. The van der Waals surface area contributed by atoms with Crippen LogP contribution in [0.25, 0.3) is 0 Å². The number of ketones is 1. The molecule has 1 aromatic rings. The zero-order chi connectivity index (χ0) is 35.5. The Morgan fingerprint density at radius 3 is 2.19 bits per heavy atom. The maximum atomic E-state index is 14.4. The van der Waals surface area contributed by atoms with Crippen molar-refractivity contribution < 1.29 is 38.3 Å². The van der Waals surface area contributed by atoms with Gasteiger partial charge in [0.05, 0.1) is 25.4 Å². The van der Waals surface area contributed by atoms with Gasteiger partial charge in [-0.15, -0.1) is 0 Å². The zero-order valence-electron chi connectivity index (χ0n) is 29.6. The molecule has 47 heavy (non-hydrogen) atoms. The largest absolute Gasteiger partial charge is 0.496 e. The average molecular weight is 658 g/mol. The highest BCUT2D eigenvalue weighted by molar-refractivity contribution is 6.38. The summed E-state index contributed by atoms with van der Waals surface area (Å²) in [5, 5.41) is 12.2. The van der Waals surface area contributed by atoms with Gasteiger partial charge >= 0.3 is 6.09 Å². The van der Waals surface area contributed by atoms with E-state index in [1.165, 1.54) is 11.9 Å². The molecule has 0 radical (unpaired) electrons. The van der Waals surface area contributed by atoms with E-state index in [0.29, 0.717) is 18.6 Å². The number of hydrogen-bond donors (Lipinski definition) is 3. The van der Waals surface area contributed by atoms with Crippen molar-refractivity contribution >= 4 is 35.3 Å². The Balaban J connectivity index is 1.99. The van der Waals surface area contributed by atoms with Crippen molar-refractivity contribution in [3.63, 3.8) is 0 Å². The number of hydrogen-bond acceptors (Lipinski definition) is 9. The highest BCUT2D eigenvalue weighted by Crippen LogP contribution is 2.40. The van der Waals surface area contributed by atoms with E-state index in [-0.39, 0.29) is 19.4 Å². The molecule has 2 aliphatic heterocycles. The monoisotopic (exact) mass is 657 g/mol. The third-order valence-corrected chi connectivity index (χ3v) is 8.26.